The van der Waals surface area contributed by atoms with Gasteiger partial charge in [-0.1, -0.05) is 53.7 Å². The van der Waals surface area contributed by atoms with Crippen molar-refractivity contribution in [3.63, 3.8) is 0 Å². The molecule has 4 nitrogen and oxygen atoms in total. The molecule has 0 heterocycles. The van der Waals surface area contributed by atoms with Crippen LogP contribution in [0.4, 0.5) is 0 Å². The van der Waals surface area contributed by atoms with Crippen molar-refractivity contribution in [3.8, 4) is 5.75 Å². The summed E-state index contributed by atoms with van der Waals surface area (Å²) in [6, 6.07) is 7.74. The molecule has 1 aromatic rings. The summed E-state index contributed by atoms with van der Waals surface area (Å²) in [4.78, 5) is 12.6. The van der Waals surface area contributed by atoms with E-state index in [2.05, 4.69) is 67.7 Å². The summed E-state index contributed by atoms with van der Waals surface area (Å²) in [6.07, 6.45) is -0.706. The van der Waals surface area contributed by atoms with E-state index in [-0.39, 0.29) is 16.0 Å². The van der Waals surface area contributed by atoms with Crippen molar-refractivity contribution in [3.05, 3.63) is 29.8 Å². The van der Waals surface area contributed by atoms with E-state index in [1.165, 1.54) is 0 Å². The lowest BCUT2D eigenvalue weighted by Crippen LogP contribution is -2.44. The molecular formula is C22H40O4Si2. The molecule has 0 saturated heterocycles. The zero-order chi connectivity index (χ0) is 22.0. The predicted molar refractivity (Wildman–Crippen MR) is 122 cm³/mol. The van der Waals surface area contributed by atoms with Crippen molar-refractivity contribution < 1.29 is 18.4 Å². The van der Waals surface area contributed by atoms with Crippen LogP contribution in [0.1, 0.15) is 60.1 Å². The average molecular weight is 425 g/mol. The van der Waals surface area contributed by atoms with E-state index < -0.39 is 22.7 Å². The minimum Gasteiger partial charge on any atom is -0.544 e. The molecule has 0 aliphatic heterocycles. The van der Waals surface area contributed by atoms with E-state index in [1.54, 1.807) is 0 Å². The fourth-order valence-corrected chi connectivity index (χ4v) is 4.31. The second-order valence-electron chi connectivity index (χ2n) is 10.4. The highest BCUT2D eigenvalue weighted by Gasteiger charge is 2.42. The van der Waals surface area contributed by atoms with Crippen molar-refractivity contribution in [1.29, 1.82) is 0 Å². The van der Waals surface area contributed by atoms with Gasteiger partial charge in [0, 0.05) is 0 Å². The normalized spacial score (nSPS) is 14.5. The van der Waals surface area contributed by atoms with Crippen molar-refractivity contribution in [2.24, 2.45) is 0 Å². The maximum Gasteiger partial charge on any atom is 0.338 e. The predicted octanol–water partition coefficient (Wildman–Crippen LogP) is 6.70. The van der Waals surface area contributed by atoms with Gasteiger partial charge in [0.1, 0.15) is 5.75 Å². The largest absolute Gasteiger partial charge is 0.544 e. The molecule has 0 saturated carbocycles. The van der Waals surface area contributed by atoms with Crippen LogP contribution in [0.2, 0.25) is 36.3 Å². The molecule has 0 radical (unpaired) electrons. The second kappa shape index (κ2) is 8.72. The molecule has 0 amide bonds. The Bertz CT molecular complexity index is 653. The molecule has 6 heteroatoms. The van der Waals surface area contributed by atoms with E-state index >= 15 is 0 Å². The van der Waals surface area contributed by atoms with Crippen LogP contribution in [0, 0.1) is 0 Å². The number of hydrogen-bond donors (Lipinski definition) is 0. The van der Waals surface area contributed by atoms with E-state index in [0.29, 0.717) is 6.61 Å². The number of rotatable bonds is 7. The van der Waals surface area contributed by atoms with Gasteiger partial charge in [-0.3, -0.25) is 0 Å². The fraction of sp³-hybridized carbons (Fsp3) is 0.682. The van der Waals surface area contributed by atoms with Crippen LogP contribution < -0.4 is 4.43 Å². The topological polar surface area (TPSA) is 44.8 Å². The average Bonchev–Trinajstić information content (AvgIpc) is 2.51. The molecular weight excluding hydrogens is 384 g/mol. The van der Waals surface area contributed by atoms with Gasteiger partial charge < -0.3 is 13.6 Å². The lowest BCUT2D eigenvalue weighted by Gasteiger charge is -2.38. The Morgan fingerprint density at radius 2 is 1.36 bits per heavy atom. The van der Waals surface area contributed by atoms with Crippen LogP contribution in [0.25, 0.3) is 0 Å². The Hall–Kier alpha value is -1.12. The Morgan fingerprint density at radius 3 is 1.75 bits per heavy atom. The lowest BCUT2D eigenvalue weighted by atomic mass is 10.1. The standard InChI is InChI=1S/C22H40O4Si2/c1-12-24-20(23)19(26-28(10,11)22(5,6)7)17-13-15-18(16-14-17)25-27(8,9)21(2,3)4/h13-16,19H,12H2,1-11H3. The molecule has 0 bridgehead atoms. The van der Waals surface area contributed by atoms with Crippen molar-refractivity contribution >= 4 is 22.6 Å². The number of ether oxygens (including phenoxy) is 1. The highest BCUT2D eigenvalue weighted by molar-refractivity contribution is 6.75. The Kier molecular flexibility index (Phi) is 7.76. The summed E-state index contributed by atoms with van der Waals surface area (Å²) < 4.78 is 18.1. The summed E-state index contributed by atoms with van der Waals surface area (Å²) in [5.74, 6) is 0.510. The molecule has 1 rings (SSSR count). The molecule has 1 atom stereocenters. The zero-order valence-electron chi connectivity index (χ0n) is 19.7. The van der Waals surface area contributed by atoms with Gasteiger partial charge in [-0.15, -0.1) is 0 Å². The zero-order valence-corrected chi connectivity index (χ0v) is 21.7. The number of carbonyl (C=O) groups excluding carboxylic acids is 1. The molecule has 160 valence electrons. The van der Waals surface area contributed by atoms with Crippen LogP contribution >= 0.6 is 0 Å². The molecule has 1 aromatic carbocycles. The molecule has 1 unspecified atom stereocenters. The third-order valence-corrected chi connectivity index (χ3v) is 14.9. The molecule has 0 aliphatic carbocycles. The van der Waals surface area contributed by atoms with Crippen LogP contribution in [-0.4, -0.2) is 29.2 Å². The molecule has 28 heavy (non-hydrogen) atoms. The van der Waals surface area contributed by atoms with Gasteiger partial charge in [-0.05, 0) is 60.9 Å². The van der Waals surface area contributed by atoms with Crippen molar-refractivity contribution in [1.82, 2.24) is 0 Å². The third-order valence-electron chi connectivity index (χ3n) is 6.08. The summed E-state index contributed by atoms with van der Waals surface area (Å²) >= 11 is 0. The van der Waals surface area contributed by atoms with Gasteiger partial charge in [0.25, 0.3) is 0 Å². The van der Waals surface area contributed by atoms with Gasteiger partial charge in [-0.25, -0.2) is 4.79 Å². The highest BCUT2D eigenvalue weighted by Crippen LogP contribution is 2.41. The van der Waals surface area contributed by atoms with Crippen molar-refractivity contribution in [2.75, 3.05) is 6.61 Å². The fourth-order valence-electron chi connectivity index (χ4n) is 2.10. The first-order valence-corrected chi connectivity index (χ1v) is 16.0. The summed E-state index contributed by atoms with van der Waals surface area (Å²) in [7, 11) is -4.05. The summed E-state index contributed by atoms with van der Waals surface area (Å²) in [5, 5.41) is 0.133. The quantitative estimate of drug-likeness (QED) is 0.361. The minimum atomic E-state index is -2.14. The third kappa shape index (κ3) is 6.19. The van der Waals surface area contributed by atoms with Crippen molar-refractivity contribution in [2.45, 2.75) is 90.8 Å². The summed E-state index contributed by atoms with van der Waals surface area (Å²) in [6.45, 7) is 24.0. The van der Waals surface area contributed by atoms with Gasteiger partial charge >= 0.3 is 5.97 Å². The highest BCUT2D eigenvalue weighted by atomic mass is 28.4. The van der Waals surface area contributed by atoms with Crippen LogP contribution in [0.5, 0.6) is 5.75 Å². The molecule has 0 spiro atoms. The SMILES string of the molecule is CCOC(=O)C(O[Si](C)(C)C(C)(C)C)c1ccc(O[Si](C)(C)C(C)(C)C)cc1. The smallest absolute Gasteiger partial charge is 0.338 e. The second-order valence-corrected chi connectivity index (χ2v) is 19.9. The van der Waals surface area contributed by atoms with E-state index in [1.807, 2.05) is 31.2 Å². The lowest BCUT2D eigenvalue weighted by molar-refractivity contribution is -0.152. The van der Waals surface area contributed by atoms with Gasteiger partial charge in [-0.2, -0.15) is 0 Å². The minimum absolute atomic E-state index is 0.00310. The number of hydrogen-bond acceptors (Lipinski definition) is 4. The molecule has 0 aliphatic rings. The van der Waals surface area contributed by atoms with E-state index in [4.69, 9.17) is 13.6 Å². The Morgan fingerprint density at radius 1 is 0.893 bits per heavy atom. The first kappa shape index (κ1) is 24.9. The first-order chi connectivity index (χ1) is 12.5. The number of esters is 1. The van der Waals surface area contributed by atoms with Gasteiger partial charge in [0.2, 0.25) is 8.32 Å². The maximum atomic E-state index is 12.6. The Balaban J connectivity index is 3.14. The number of carbonyl (C=O) groups is 1. The van der Waals surface area contributed by atoms with Crippen LogP contribution in [-0.2, 0) is 14.0 Å². The maximum absolute atomic E-state index is 12.6. The first-order valence-electron chi connectivity index (χ1n) is 10.2. The van der Waals surface area contributed by atoms with Gasteiger partial charge in [0.05, 0.1) is 6.61 Å². The molecule has 0 aromatic heterocycles. The summed E-state index contributed by atoms with van der Waals surface area (Å²) in [5.41, 5.74) is 0.811. The van der Waals surface area contributed by atoms with E-state index in [9.17, 15) is 4.79 Å². The monoisotopic (exact) mass is 424 g/mol. The molecule has 0 fully saturated rings. The van der Waals surface area contributed by atoms with E-state index in [0.717, 1.165) is 11.3 Å². The number of benzene rings is 1. The van der Waals surface area contributed by atoms with Gasteiger partial charge in [0.15, 0.2) is 14.4 Å². The van der Waals surface area contributed by atoms with Crippen LogP contribution in [0.15, 0.2) is 24.3 Å². The molecule has 0 N–H and O–H groups in total. The Labute approximate surface area is 174 Å². The van der Waals surface area contributed by atoms with Crippen LogP contribution in [0.3, 0.4) is 0 Å².